The van der Waals surface area contributed by atoms with Gasteiger partial charge in [-0.15, -0.1) is 0 Å². The highest BCUT2D eigenvalue weighted by Crippen LogP contribution is 2.40. The number of ether oxygens (including phenoxy) is 2. The predicted octanol–water partition coefficient (Wildman–Crippen LogP) is 4.61. The van der Waals surface area contributed by atoms with Gasteiger partial charge in [-0.05, 0) is 49.2 Å². The second kappa shape index (κ2) is 9.00. The first-order valence-corrected chi connectivity index (χ1v) is 10.4. The Bertz CT molecular complexity index is 1070. The Hall–Kier alpha value is -3.67. The van der Waals surface area contributed by atoms with E-state index >= 15 is 0 Å². The second-order valence-corrected chi connectivity index (χ2v) is 7.32. The number of amides is 1. The highest BCUT2D eigenvalue weighted by Gasteiger charge is 2.34. The number of rotatable bonds is 7. The van der Waals surface area contributed by atoms with Crippen LogP contribution in [0.4, 0.5) is 5.69 Å². The van der Waals surface area contributed by atoms with Crippen LogP contribution in [0.1, 0.15) is 34.6 Å². The lowest BCUT2D eigenvalue weighted by Crippen LogP contribution is -2.44. The van der Waals surface area contributed by atoms with Gasteiger partial charge in [-0.1, -0.05) is 36.4 Å². The molecular weight excluding hydrogens is 392 g/mol. The number of hydrogen-bond donors (Lipinski definition) is 2. The standard InChI is InChI=1S/C25H26N2O4/c1-3-31-22-10-6-8-20(23(22)28)24-26-21-9-5-4-7-19(21)25(29)27(24)16-15-17-11-13-18(30-2)14-12-17/h4-14,24,26,28H,3,15-16H2,1-2H3. The van der Waals surface area contributed by atoms with Gasteiger partial charge in [0, 0.05) is 17.8 Å². The summed E-state index contributed by atoms with van der Waals surface area (Å²) in [4.78, 5) is 15.2. The van der Waals surface area contributed by atoms with Crippen molar-refractivity contribution in [3.8, 4) is 17.2 Å². The fourth-order valence-corrected chi connectivity index (χ4v) is 3.84. The monoisotopic (exact) mass is 418 g/mol. The zero-order valence-electron chi connectivity index (χ0n) is 17.7. The Kier molecular flexibility index (Phi) is 5.98. The van der Waals surface area contributed by atoms with Crippen LogP contribution in [0.5, 0.6) is 17.2 Å². The van der Waals surface area contributed by atoms with E-state index in [1.807, 2.05) is 67.6 Å². The Labute approximate surface area is 182 Å². The van der Waals surface area contributed by atoms with Crippen LogP contribution in [-0.2, 0) is 6.42 Å². The van der Waals surface area contributed by atoms with Crippen LogP contribution in [0.25, 0.3) is 0 Å². The fraction of sp³-hybridized carbons (Fsp3) is 0.240. The summed E-state index contributed by atoms with van der Waals surface area (Å²) in [6, 6.07) is 20.6. The molecule has 1 aliphatic heterocycles. The molecule has 0 saturated carbocycles. The van der Waals surface area contributed by atoms with E-state index in [-0.39, 0.29) is 11.7 Å². The van der Waals surface area contributed by atoms with Gasteiger partial charge in [0.25, 0.3) is 5.91 Å². The molecule has 3 aromatic rings. The molecule has 4 rings (SSSR count). The smallest absolute Gasteiger partial charge is 0.257 e. The van der Waals surface area contributed by atoms with Crippen molar-refractivity contribution >= 4 is 11.6 Å². The van der Waals surface area contributed by atoms with E-state index in [9.17, 15) is 9.90 Å². The van der Waals surface area contributed by atoms with Gasteiger partial charge >= 0.3 is 0 Å². The van der Waals surface area contributed by atoms with Crippen LogP contribution in [0.2, 0.25) is 0 Å². The number of para-hydroxylation sites is 2. The van der Waals surface area contributed by atoms with Crippen LogP contribution < -0.4 is 14.8 Å². The summed E-state index contributed by atoms with van der Waals surface area (Å²) in [5, 5.41) is 14.3. The summed E-state index contributed by atoms with van der Waals surface area (Å²) in [6.45, 7) is 2.79. The SMILES string of the molecule is CCOc1cccc(C2Nc3ccccc3C(=O)N2CCc2ccc(OC)cc2)c1O. The first-order chi connectivity index (χ1) is 15.1. The molecule has 0 fully saturated rings. The van der Waals surface area contributed by atoms with E-state index in [4.69, 9.17) is 9.47 Å². The Morgan fingerprint density at radius 3 is 2.55 bits per heavy atom. The number of nitrogens with one attached hydrogen (secondary N) is 1. The predicted molar refractivity (Wildman–Crippen MR) is 120 cm³/mol. The van der Waals surface area contributed by atoms with E-state index in [2.05, 4.69) is 5.32 Å². The molecule has 6 heteroatoms. The van der Waals surface area contributed by atoms with E-state index in [1.165, 1.54) is 0 Å². The maximum absolute atomic E-state index is 13.4. The summed E-state index contributed by atoms with van der Waals surface area (Å²) in [6.07, 6.45) is 0.156. The molecule has 0 radical (unpaired) electrons. The van der Waals surface area contributed by atoms with Gasteiger partial charge in [0.2, 0.25) is 0 Å². The summed E-state index contributed by atoms with van der Waals surface area (Å²) in [5.74, 6) is 1.17. The van der Waals surface area contributed by atoms with Crippen molar-refractivity contribution in [2.24, 2.45) is 0 Å². The number of hydrogen-bond acceptors (Lipinski definition) is 5. The molecule has 0 aliphatic carbocycles. The van der Waals surface area contributed by atoms with Gasteiger partial charge in [-0.3, -0.25) is 4.79 Å². The number of nitrogens with zero attached hydrogens (tertiary/aromatic N) is 1. The topological polar surface area (TPSA) is 71.0 Å². The molecule has 1 amide bonds. The van der Waals surface area contributed by atoms with E-state index in [1.54, 1.807) is 18.1 Å². The molecule has 0 spiro atoms. The first-order valence-electron chi connectivity index (χ1n) is 10.4. The van der Waals surface area contributed by atoms with E-state index in [0.29, 0.717) is 36.4 Å². The van der Waals surface area contributed by atoms with Crippen molar-refractivity contribution in [1.82, 2.24) is 4.90 Å². The number of fused-ring (bicyclic) bond motifs is 1. The number of phenolic OH excluding ortho intramolecular Hbond substituents is 1. The molecule has 0 saturated heterocycles. The molecule has 3 aromatic carbocycles. The van der Waals surface area contributed by atoms with Crippen LogP contribution in [0, 0.1) is 0 Å². The quantitative estimate of drug-likeness (QED) is 0.586. The molecule has 2 N–H and O–H groups in total. The highest BCUT2D eigenvalue weighted by atomic mass is 16.5. The Morgan fingerprint density at radius 1 is 1.03 bits per heavy atom. The molecule has 1 aliphatic rings. The van der Waals surface area contributed by atoms with Gasteiger partial charge in [-0.25, -0.2) is 0 Å². The van der Waals surface area contributed by atoms with Gasteiger partial charge in [-0.2, -0.15) is 0 Å². The number of phenols is 1. The average molecular weight is 418 g/mol. The van der Waals surface area contributed by atoms with Crippen molar-refractivity contribution in [3.05, 3.63) is 83.4 Å². The van der Waals surface area contributed by atoms with E-state index in [0.717, 1.165) is 17.0 Å². The number of anilines is 1. The zero-order chi connectivity index (χ0) is 21.8. The van der Waals surface area contributed by atoms with Crippen molar-refractivity contribution in [3.63, 3.8) is 0 Å². The number of carbonyl (C=O) groups excluding carboxylic acids is 1. The largest absolute Gasteiger partial charge is 0.504 e. The fourth-order valence-electron chi connectivity index (χ4n) is 3.84. The molecule has 6 nitrogen and oxygen atoms in total. The normalized spacial score (nSPS) is 15.2. The third-order valence-electron chi connectivity index (χ3n) is 5.45. The van der Waals surface area contributed by atoms with E-state index < -0.39 is 6.17 Å². The number of benzene rings is 3. The molecule has 0 aromatic heterocycles. The van der Waals surface area contributed by atoms with Gasteiger partial charge in [0.05, 0.1) is 19.3 Å². The summed E-state index contributed by atoms with van der Waals surface area (Å²) >= 11 is 0. The minimum absolute atomic E-state index is 0.0449. The average Bonchev–Trinajstić information content (AvgIpc) is 2.80. The van der Waals surface area contributed by atoms with Gasteiger partial charge in [0.15, 0.2) is 11.5 Å². The summed E-state index contributed by atoms with van der Waals surface area (Å²) < 4.78 is 10.8. The third-order valence-corrected chi connectivity index (χ3v) is 5.45. The maximum atomic E-state index is 13.4. The third kappa shape index (κ3) is 4.14. The minimum atomic E-state index is -0.513. The highest BCUT2D eigenvalue weighted by molar-refractivity contribution is 6.01. The molecular formula is C25H26N2O4. The zero-order valence-corrected chi connectivity index (χ0v) is 17.7. The summed E-state index contributed by atoms with van der Waals surface area (Å²) in [7, 11) is 1.64. The number of carbonyl (C=O) groups is 1. The lowest BCUT2D eigenvalue weighted by Gasteiger charge is -2.38. The van der Waals surface area contributed by atoms with Crippen LogP contribution in [0.15, 0.2) is 66.7 Å². The van der Waals surface area contributed by atoms with Crippen LogP contribution >= 0.6 is 0 Å². The van der Waals surface area contributed by atoms with Crippen LogP contribution in [0.3, 0.4) is 0 Å². The Balaban J connectivity index is 1.67. The first kappa shape index (κ1) is 20.6. The minimum Gasteiger partial charge on any atom is -0.504 e. The molecule has 1 unspecified atom stereocenters. The maximum Gasteiger partial charge on any atom is 0.257 e. The molecule has 160 valence electrons. The lowest BCUT2D eigenvalue weighted by atomic mass is 10.0. The Morgan fingerprint density at radius 2 is 1.81 bits per heavy atom. The van der Waals surface area contributed by atoms with Gasteiger partial charge < -0.3 is 24.8 Å². The van der Waals surface area contributed by atoms with Crippen molar-refractivity contribution < 1.29 is 19.4 Å². The molecule has 0 bridgehead atoms. The molecule has 1 heterocycles. The lowest BCUT2D eigenvalue weighted by molar-refractivity contribution is 0.0683. The number of aromatic hydroxyl groups is 1. The van der Waals surface area contributed by atoms with Crippen molar-refractivity contribution in [2.75, 3.05) is 25.6 Å². The number of methoxy groups -OCH3 is 1. The summed E-state index contributed by atoms with van der Waals surface area (Å²) in [5.41, 5.74) is 3.07. The molecule has 1 atom stereocenters. The second-order valence-electron chi connectivity index (χ2n) is 7.32. The van der Waals surface area contributed by atoms with Crippen LogP contribution in [-0.4, -0.2) is 36.2 Å². The van der Waals surface area contributed by atoms with Crippen molar-refractivity contribution in [2.45, 2.75) is 19.5 Å². The molecule has 31 heavy (non-hydrogen) atoms. The van der Waals surface area contributed by atoms with Crippen molar-refractivity contribution in [1.29, 1.82) is 0 Å². The van der Waals surface area contributed by atoms with Gasteiger partial charge in [0.1, 0.15) is 11.9 Å².